The van der Waals surface area contributed by atoms with Crippen molar-refractivity contribution in [1.82, 2.24) is 0 Å². The zero-order chi connectivity index (χ0) is 14.8. The molecule has 0 fully saturated rings. The fourth-order valence-corrected chi connectivity index (χ4v) is 2.94. The molecule has 0 aliphatic carbocycles. The molecular weight excluding hydrogens is 301 g/mol. The molecule has 0 saturated carbocycles. The van der Waals surface area contributed by atoms with Gasteiger partial charge >= 0.3 is 5.51 Å². The second-order valence-electron chi connectivity index (χ2n) is 4.21. The van der Waals surface area contributed by atoms with Gasteiger partial charge in [-0.1, -0.05) is 19.1 Å². The van der Waals surface area contributed by atoms with E-state index in [2.05, 4.69) is 0 Å². The van der Waals surface area contributed by atoms with Gasteiger partial charge in [-0.3, -0.25) is 0 Å². The van der Waals surface area contributed by atoms with Crippen molar-refractivity contribution in [2.24, 2.45) is 0 Å². The lowest BCUT2D eigenvalue weighted by molar-refractivity contribution is -0.0436. The first-order valence-corrected chi connectivity index (χ1v) is 7.58. The molecule has 0 radical (unpaired) electrons. The van der Waals surface area contributed by atoms with Crippen LogP contribution in [0.1, 0.15) is 31.7 Å². The first-order chi connectivity index (χ1) is 8.61. The Morgan fingerprint density at radius 1 is 1.21 bits per heavy atom. The highest BCUT2D eigenvalue weighted by Gasteiger charge is 2.46. The van der Waals surface area contributed by atoms with Crippen LogP contribution in [0.4, 0.5) is 13.2 Å². The Labute approximate surface area is 115 Å². The van der Waals surface area contributed by atoms with Crippen LogP contribution in [0, 0.1) is 0 Å². The summed E-state index contributed by atoms with van der Waals surface area (Å²) in [4.78, 5) is -0.749. The molecule has 2 nitrogen and oxygen atoms in total. The van der Waals surface area contributed by atoms with E-state index < -0.39 is 20.2 Å². The Balaban J connectivity index is 3.14. The van der Waals surface area contributed by atoms with E-state index in [1.807, 2.05) is 6.92 Å². The summed E-state index contributed by atoms with van der Waals surface area (Å²) >= 11 is 5.98. The Hall–Kier alpha value is -0.750. The van der Waals surface area contributed by atoms with Gasteiger partial charge in [0.1, 0.15) is 0 Å². The molecule has 0 aliphatic rings. The SMILES string of the molecule is CCC(c1ccc(S(=O)(=O)C(F)(F)F)cc1)C(C)Cl. The molecule has 0 spiro atoms. The summed E-state index contributed by atoms with van der Waals surface area (Å²) in [5, 5.41) is -0.185. The quantitative estimate of drug-likeness (QED) is 0.784. The van der Waals surface area contributed by atoms with Crippen molar-refractivity contribution in [3.8, 4) is 0 Å². The highest BCUT2D eigenvalue weighted by Crippen LogP contribution is 2.32. The molecule has 0 bridgehead atoms. The average Bonchev–Trinajstić information content (AvgIpc) is 2.28. The lowest BCUT2D eigenvalue weighted by Crippen LogP contribution is -2.23. The highest BCUT2D eigenvalue weighted by molar-refractivity contribution is 7.92. The van der Waals surface area contributed by atoms with E-state index in [0.29, 0.717) is 0 Å². The Bertz CT molecular complexity index is 521. The third-order valence-electron chi connectivity index (χ3n) is 2.92. The number of rotatable bonds is 4. The van der Waals surface area contributed by atoms with E-state index >= 15 is 0 Å². The Morgan fingerprint density at radius 3 is 2.00 bits per heavy atom. The summed E-state index contributed by atoms with van der Waals surface area (Å²) < 4.78 is 59.5. The highest BCUT2D eigenvalue weighted by atomic mass is 35.5. The maximum atomic E-state index is 12.4. The zero-order valence-corrected chi connectivity index (χ0v) is 12.0. The molecule has 2 unspecified atom stereocenters. The molecule has 108 valence electrons. The number of alkyl halides is 4. The van der Waals surface area contributed by atoms with Gasteiger partial charge in [0.25, 0.3) is 9.84 Å². The summed E-state index contributed by atoms with van der Waals surface area (Å²) in [6, 6.07) is 4.71. The van der Waals surface area contributed by atoms with E-state index in [9.17, 15) is 21.6 Å². The standard InChI is InChI=1S/C12H14ClF3O2S/c1-3-11(8(2)13)9-4-6-10(7-5-9)19(17,18)12(14,15)16/h4-8,11H,3H2,1-2H3. The minimum absolute atomic E-state index is 0.0238. The zero-order valence-electron chi connectivity index (χ0n) is 10.4. The van der Waals surface area contributed by atoms with E-state index in [-0.39, 0.29) is 11.3 Å². The molecule has 2 atom stereocenters. The molecular formula is C12H14ClF3O2S. The molecule has 0 heterocycles. The number of sulfone groups is 1. The molecule has 0 aromatic heterocycles. The fourth-order valence-electron chi connectivity index (χ4n) is 1.85. The first-order valence-electron chi connectivity index (χ1n) is 5.66. The third kappa shape index (κ3) is 3.42. The van der Waals surface area contributed by atoms with Crippen molar-refractivity contribution in [1.29, 1.82) is 0 Å². The van der Waals surface area contributed by atoms with Crippen LogP contribution in [0.5, 0.6) is 0 Å². The van der Waals surface area contributed by atoms with Crippen LogP contribution in [-0.4, -0.2) is 19.3 Å². The number of hydrogen-bond acceptors (Lipinski definition) is 2. The lowest BCUT2D eigenvalue weighted by Gasteiger charge is -2.18. The normalized spacial score (nSPS) is 16.1. The number of halogens is 4. The van der Waals surface area contributed by atoms with Crippen LogP contribution in [0.2, 0.25) is 0 Å². The predicted octanol–water partition coefficient (Wildman–Crippen LogP) is 4.10. The number of hydrogen-bond donors (Lipinski definition) is 0. The van der Waals surface area contributed by atoms with Crippen LogP contribution in [0.15, 0.2) is 29.2 Å². The van der Waals surface area contributed by atoms with Crippen LogP contribution in [0.25, 0.3) is 0 Å². The van der Waals surface area contributed by atoms with Gasteiger partial charge in [0.15, 0.2) is 0 Å². The molecule has 1 rings (SSSR count). The number of benzene rings is 1. The minimum Gasteiger partial charge on any atom is -0.214 e. The summed E-state index contributed by atoms with van der Waals surface area (Å²) in [7, 11) is -5.28. The van der Waals surface area contributed by atoms with Crippen LogP contribution in [0.3, 0.4) is 0 Å². The topological polar surface area (TPSA) is 34.1 Å². The van der Waals surface area contributed by atoms with Crippen molar-refractivity contribution < 1.29 is 21.6 Å². The van der Waals surface area contributed by atoms with Gasteiger partial charge < -0.3 is 0 Å². The molecule has 1 aromatic carbocycles. The van der Waals surface area contributed by atoms with Gasteiger partial charge in [0.2, 0.25) is 0 Å². The van der Waals surface area contributed by atoms with Crippen molar-refractivity contribution in [3.63, 3.8) is 0 Å². The van der Waals surface area contributed by atoms with Gasteiger partial charge in [0, 0.05) is 5.38 Å². The maximum absolute atomic E-state index is 12.4. The van der Waals surface area contributed by atoms with Crippen LogP contribution >= 0.6 is 11.6 Å². The van der Waals surface area contributed by atoms with Crippen molar-refractivity contribution in [2.45, 2.75) is 42.0 Å². The average molecular weight is 315 g/mol. The molecule has 7 heteroatoms. The van der Waals surface area contributed by atoms with Crippen molar-refractivity contribution in [2.75, 3.05) is 0 Å². The second kappa shape index (κ2) is 5.71. The van der Waals surface area contributed by atoms with Gasteiger partial charge in [-0.25, -0.2) is 8.42 Å². The van der Waals surface area contributed by atoms with Crippen molar-refractivity contribution >= 4 is 21.4 Å². The van der Waals surface area contributed by atoms with Gasteiger partial charge in [-0.05, 0) is 37.0 Å². The lowest BCUT2D eigenvalue weighted by atomic mass is 9.94. The Kier molecular flexibility index (Phi) is 4.90. The minimum atomic E-state index is -5.28. The summed E-state index contributed by atoms with van der Waals surface area (Å²) in [5.41, 5.74) is -4.55. The van der Waals surface area contributed by atoms with Crippen LogP contribution < -0.4 is 0 Å². The summed E-state index contributed by atoms with van der Waals surface area (Å²) in [6.45, 7) is 3.69. The monoisotopic (exact) mass is 314 g/mol. The molecule has 0 amide bonds. The van der Waals surface area contributed by atoms with Gasteiger partial charge in [0.05, 0.1) is 4.90 Å². The fraction of sp³-hybridized carbons (Fsp3) is 0.500. The largest absolute Gasteiger partial charge is 0.501 e. The maximum Gasteiger partial charge on any atom is 0.501 e. The summed E-state index contributed by atoms with van der Waals surface area (Å²) in [6.07, 6.45) is 0.718. The molecule has 1 aromatic rings. The molecule has 19 heavy (non-hydrogen) atoms. The van der Waals surface area contributed by atoms with Crippen LogP contribution in [-0.2, 0) is 9.84 Å². The summed E-state index contributed by atoms with van der Waals surface area (Å²) in [5.74, 6) is -0.0238. The molecule has 0 saturated heterocycles. The molecule has 0 N–H and O–H groups in total. The third-order valence-corrected chi connectivity index (χ3v) is 4.72. The Morgan fingerprint density at radius 2 is 1.68 bits per heavy atom. The first kappa shape index (κ1) is 16.3. The van der Waals surface area contributed by atoms with E-state index in [0.717, 1.165) is 24.1 Å². The van der Waals surface area contributed by atoms with Gasteiger partial charge in [-0.2, -0.15) is 13.2 Å². The van der Waals surface area contributed by atoms with Gasteiger partial charge in [-0.15, -0.1) is 11.6 Å². The van der Waals surface area contributed by atoms with E-state index in [1.54, 1.807) is 6.92 Å². The predicted molar refractivity (Wildman–Crippen MR) is 68.0 cm³/mol. The smallest absolute Gasteiger partial charge is 0.214 e. The molecule has 0 aliphatic heterocycles. The second-order valence-corrected chi connectivity index (χ2v) is 6.84. The van der Waals surface area contributed by atoms with E-state index in [1.165, 1.54) is 12.1 Å². The van der Waals surface area contributed by atoms with Crippen molar-refractivity contribution in [3.05, 3.63) is 29.8 Å². The van der Waals surface area contributed by atoms with E-state index in [4.69, 9.17) is 11.6 Å².